The van der Waals surface area contributed by atoms with Gasteiger partial charge < -0.3 is 14.3 Å². The summed E-state index contributed by atoms with van der Waals surface area (Å²) in [5.41, 5.74) is 11.3. The zero-order valence-corrected chi connectivity index (χ0v) is 30.7. The van der Waals surface area contributed by atoms with Crippen molar-refractivity contribution in [2.75, 3.05) is 0 Å². The van der Waals surface area contributed by atoms with Crippen LogP contribution in [0.25, 0.3) is 82.4 Å². The minimum Gasteiger partial charge on any atom is -0.454 e. The van der Waals surface area contributed by atoms with E-state index in [0.29, 0.717) is 5.96 Å². The molecule has 0 radical (unpaired) electrons. The Balaban J connectivity index is 1.07. The molecule has 57 heavy (non-hydrogen) atoms. The molecule has 8 aromatic carbocycles. The number of hydrogen-bond acceptors (Lipinski definition) is 4. The summed E-state index contributed by atoms with van der Waals surface area (Å²) in [5, 5.41) is 10.5. The van der Waals surface area contributed by atoms with E-state index in [1.54, 1.807) is 0 Å². The summed E-state index contributed by atoms with van der Waals surface area (Å²) < 4.78 is 11.4. The van der Waals surface area contributed by atoms with E-state index in [-0.39, 0.29) is 0 Å². The molecular formula is C51H33N5O. The zero-order valence-electron chi connectivity index (χ0n) is 30.7. The van der Waals surface area contributed by atoms with Gasteiger partial charge in [0.25, 0.3) is 0 Å². The molecule has 4 heterocycles. The minimum absolute atomic E-state index is 0.404. The highest BCUT2D eigenvalue weighted by molar-refractivity contribution is 6.23. The number of nitrogens with zero attached hydrogens (tertiary/aromatic N) is 4. The van der Waals surface area contributed by atoms with Crippen molar-refractivity contribution in [2.45, 2.75) is 6.17 Å². The van der Waals surface area contributed by atoms with E-state index in [1.165, 1.54) is 16.3 Å². The van der Waals surface area contributed by atoms with Gasteiger partial charge in [-0.1, -0.05) is 152 Å². The Morgan fingerprint density at radius 2 is 0.982 bits per heavy atom. The second-order valence-corrected chi connectivity index (χ2v) is 14.6. The number of fused-ring (bicyclic) bond motifs is 9. The molecule has 1 N–H and O–H groups in total. The lowest BCUT2D eigenvalue weighted by atomic mass is 10.0. The Hall–Kier alpha value is -7.70. The summed E-state index contributed by atoms with van der Waals surface area (Å²) in [6, 6.07) is 66.0. The molecule has 0 bridgehead atoms. The monoisotopic (exact) mass is 731 g/mol. The quantitative estimate of drug-likeness (QED) is 0.196. The average Bonchev–Trinajstić information content (AvgIpc) is 3.95. The van der Waals surface area contributed by atoms with Crippen LogP contribution in [-0.4, -0.2) is 20.9 Å². The largest absolute Gasteiger partial charge is 0.454 e. The maximum atomic E-state index is 6.88. The molecule has 1 atom stereocenters. The third-order valence-corrected chi connectivity index (χ3v) is 11.4. The van der Waals surface area contributed by atoms with Crippen LogP contribution in [-0.2, 0) is 0 Å². The van der Waals surface area contributed by atoms with Gasteiger partial charge in [-0.15, -0.1) is 0 Å². The summed E-state index contributed by atoms with van der Waals surface area (Å²) in [4.78, 5) is 10.8. The van der Waals surface area contributed by atoms with Gasteiger partial charge >= 0.3 is 0 Å². The maximum Gasteiger partial charge on any atom is 0.234 e. The van der Waals surface area contributed by atoms with E-state index >= 15 is 0 Å². The molecule has 1 unspecified atom stereocenters. The van der Waals surface area contributed by atoms with Crippen LogP contribution in [0.1, 0.15) is 17.3 Å². The molecular weight excluding hydrogens is 699 g/mol. The van der Waals surface area contributed by atoms with Crippen molar-refractivity contribution in [1.82, 2.24) is 14.5 Å². The van der Waals surface area contributed by atoms with Gasteiger partial charge in [0.15, 0.2) is 5.58 Å². The van der Waals surface area contributed by atoms with Gasteiger partial charge in [-0.05, 0) is 53.1 Å². The van der Waals surface area contributed by atoms with Crippen LogP contribution in [0.4, 0.5) is 0 Å². The standard InChI is InChI=1S/C51H33N5O/c1-2-14-32(15-3-1)33-28-30-34(31-29-33)49-52-50(54-51(53-49)56-43-24-10-6-18-37(43)38-19-7-11-25-44(38)56)40-21-13-27-46-47(40)39-20-12-26-45(48(39)57-46)55-41-22-8-4-16-35(41)36-17-5-9-23-42(36)55/h1-31,49H,(H,52,53,54). The molecule has 0 fully saturated rings. The lowest BCUT2D eigenvalue weighted by Gasteiger charge is -2.24. The first kappa shape index (κ1) is 31.6. The van der Waals surface area contributed by atoms with E-state index in [9.17, 15) is 0 Å². The molecule has 1 aliphatic heterocycles. The first-order valence-electron chi connectivity index (χ1n) is 19.3. The van der Waals surface area contributed by atoms with Crippen LogP contribution in [0, 0.1) is 0 Å². The van der Waals surface area contributed by atoms with E-state index in [4.69, 9.17) is 14.4 Å². The van der Waals surface area contributed by atoms with Gasteiger partial charge in [0.05, 0.1) is 27.8 Å². The number of nitrogens with one attached hydrogen (secondary N) is 1. The van der Waals surface area contributed by atoms with Crippen molar-refractivity contribution >= 4 is 77.3 Å². The van der Waals surface area contributed by atoms with E-state index in [1.807, 2.05) is 6.07 Å². The summed E-state index contributed by atoms with van der Waals surface area (Å²) in [5.74, 6) is 1.35. The molecule has 0 saturated carbocycles. The first-order chi connectivity index (χ1) is 28.3. The molecule has 6 nitrogen and oxygen atoms in total. The number of aliphatic imine (C=N–C) groups is 2. The van der Waals surface area contributed by atoms with Gasteiger partial charge in [-0.3, -0.25) is 4.57 Å². The van der Waals surface area contributed by atoms with Gasteiger partial charge in [0.2, 0.25) is 5.96 Å². The topological polar surface area (TPSA) is 59.8 Å². The molecule has 0 saturated heterocycles. The van der Waals surface area contributed by atoms with Crippen molar-refractivity contribution in [3.8, 4) is 16.8 Å². The third kappa shape index (κ3) is 4.84. The van der Waals surface area contributed by atoms with Crippen molar-refractivity contribution < 1.29 is 4.42 Å². The van der Waals surface area contributed by atoms with E-state index < -0.39 is 6.17 Å². The highest BCUT2D eigenvalue weighted by atomic mass is 16.3. The number of furan rings is 1. The second-order valence-electron chi connectivity index (χ2n) is 14.6. The van der Waals surface area contributed by atoms with Gasteiger partial charge in [-0.2, -0.15) is 4.99 Å². The normalized spacial score (nSPS) is 14.5. The first-order valence-corrected chi connectivity index (χ1v) is 19.3. The number of rotatable bonds is 4. The lowest BCUT2D eigenvalue weighted by Crippen LogP contribution is -2.35. The fourth-order valence-electron chi connectivity index (χ4n) is 8.86. The number of amidine groups is 1. The van der Waals surface area contributed by atoms with E-state index in [2.05, 4.69) is 196 Å². The van der Waals surface area contributed by atoms with Crippen LogP contribution in [0.3, 0.4) is 0 Å². The molecule has 12 rings (SSSR count). The predicted octanol–water partition coefficient (Wildman–Crippen LogP) is 12.4. The van der Waals surface area contributed by atoms with Crippen LogP contribution in [0.2, 0.25) is 0 Å². The Bertz CT molecular complexity index is 3330. The Morgan fingerprint density at radius 1 is 0.456 bits per heavy atom. The molecule has 3 aromatic heterocycles. The Morgan fingerprint density at radius 3 is 1.61 bits per heavy atom. The fourth-order valence-corrected chi connectivity index (χ4v) is 8.86. The second kappa shape index (κ2) is 12.4. The number of hydrogen-bond donors (Lipinski definition) is 1. The minimum atomic E-state index is -0.404. The SMILES string of the molecule is c1ccc(-c2ccc(C3N=C(n4c5ccccc5c5ccccc54)N=C(c4cccc5oc6c(-n7c8ccccc8c8ccccc87)cccc6c45)N3)cc2)cc1. The van der Waals surface area contributed by atoms with Gasteiger partial charge in [0, 0.05) is 37.9 Å². The van der Waals surface area contributed by atoms with Crippen LogP contribution >= 0.6 is 0 Å². The lowest BCUT2D eigenvalue weighted by molar-refractivity contribution is 0.664. The van der Waals surface area contributed by atoms with Crippen molar-refractivity contribution in [1.29, 1.82) is 0 Å². The van der Waals surface area contributed by atoms with Crippen LogP contribution < -0.4 is 5.32 Å². The van der Waals surface area contributed by atoms with E-state index in [0.717, 1.165) is 83.0 Å². The predicted molar refractivity (Wildman–Crippen MR) is 235 cm³/mol. The van der Waals surface area contributed by atoms with Crippen molar-refractivity contribution in [3.05, 3.63) is 199 Å². The molecule has 268 valence electrons. The highest BCUT2D eigenvalue weighted by Crippen LogP contribution is 2.40. The highest BCUT2D eigenvalue weighted by Gasteiger charge is 2.27. The summed E-state index contributed by atoms with van der Waals surface area (Å²) in [6.07, 6.45) is -0.404. The zero-order chi connectivity index (χ0) is 37.5. The molecule has 0 aliphatic carbocycles. The van der Waals surface area contributed by atoms with Crippen molar-refractivity contribution in [3.63, 3.8) is 0 Å². The summed E-state index contributed by atoms with van der Waals surface area (Å²) in [6.45, 7) is 0. The van der Waals surface area contributed by atoms with Gasteiger partial charge in [0.1, 0.15) is 17.6 Å². The van der Waals surface area contributed by atoms with Crippen molar-refractivity contribution in [2.24, 2.45) is 9.98 Å². The van der Waals surface area contributed by atoms with Crippen LogP contribution in [0.5, 0.6) is 0 Å². The maximum absolute atomic E-state index is 6.88. The molecule has 6 heteroatoms. The molecule has 11 aromatic rings. The fraction of sp³-hybridized carbons (Fsp3) is 0.0196. The molecule has 0 spiro atoms. The molecule has 1 aliphatic rings. The average molecular weight is 732 g/mol. The molecule has 0 amide bonds. The number of para-hydroxylation sites is 5. The Labute approximate surface area is 327 Å². The number of benzene rings is 8. The summed E-state index contributed by atoms with van der Waals surface area (Å²) >= 11 is 0. The number of aromatic nitrogens is 2. The van der Waals surface area contributed by atoms with Crippen LogP contribution in [0.15, 0.2) is 202 Å². The van der Waals surface area contributed by atoms with Gasteiger partial charge in [-0.25, -0.2) is 4.99 Å². The Kier molecular flexibility index (Phi) is 6.89. The third-order valence-electron chi connectivity index (χ3n) is 11.4. The smallest absolute Gasteiger partial charge is 0.234 e. The summed E-state index contributed by atoms with van der Waals surface area (Å²) in [7, 11) is 0.